The average Bonchev–Trinajstić information content (AvgIpc) is 2.04. The summed E-state index contributed by atoms with van der Waals surface area (Å²) in [6.45, 7) is 4.17. The molecule has 0 aromatic heterocycles. The van der Waals surface area contributed by atoms with Gasteiger partial charge in [-0.2, -0.15) is 0 Å². The maximum Gasteiger partial charge on any atom is 0.207 e. The van der Waals surface area contributed by atoms with E-state index in [4.69, 9.17) is 0 Å². The third-order valence-corrected chi connectivity index (χ3v) is 2.42. The molecule has 0 heterocycles. The van der Waals surface area contributed by atoms with E-state index in [2.05, 4.69) is 19.2 Å². The highest BCUT2D eigenvalue weighted by atomic mass is 16.1. The number of nitrogens with one attached hydrogen (secondary N) is 1. The van der Waals surface area contributed by atoms with Crippen molar-refractivity contribution in [1.29, 1.82) is 0 Å². The van der Waals surface area contributed by atoms with Crippen molar-refractivity contribution < 1.29 is 9.59 Å². The summed E-state index contributed by atoms with van der Waals surface area (Å²) in [7, 11) is 0. The minimum Gasteiger partial charge on any atom is -0.355 e. The summed E-state index contributed by atoms with van der Waals surface area (Å²) in [5.41, 5.74) is 0.0696. The summed E-state index contributed by atoms with van der Waals surface area (Å²) in [6, 6.07) is -0.0463. The van der Waals surface area contributed by atoms with Crippen LogP contribution in [0.5, 0.6) is 0 Å². The number of carbonyl (C=O) groups is 2. The Balaban J connectivity index is 2.76. The van der Waals surface area contributed by atoms with Gasteiger partial charge in [0.1, 0.15) is 6.29 Å². The number of rotatable bonds is 3. The Kier molecular flexibility index (Phi) is 2.86. The molecule has 3 heteroatoms. The van der Waals surface area contributed by atoms with E-state index < -0.39 is 0 Å². The van der Waals surface area contributed by atoms with Gasteiger partial charge in [-0.3, -0.25) is 4.79 Å². The molecule has 0 fully saturated rings. The number of aldehydes is 1. The normalized spacial score (nSPS) is 30.9. The number of carbonyl (C=O) groups excluding carboxylic acids is 2. The molecular formula is C10H15NO2. The summed E-state index contributed by atoms with van der Waals surface area (Å²) in [5.74, 6) is -0.168. The fourth-order valence-corrected chi connectivity index (χ4v) is 1.67. The van der Waals surface area contributed by atoms with Gasteiger partial charge in [-0.25, -0.2) is 0 Å². The molecule has 0 spiro atoms. The Morgan fingerprint density at radius 2 is 2.15 bits per heavy atom. The fourth-order valence-electron chi connectivity index (χ4n) is 1.67. The number of allylic oxidation sites excluding steroid dienone is 1. The van der Waals surface area contributed by atoms with Crippen LogP contribution in [0.4, 0.5) is 0 Å². The van der Waals surface area contributed by atoms with Crippen LogP contribution in [0.3, 0.4) is 0 Å². The van der Waals surface area contributed by atoms with Gasteiger partial charge in [0.15, 0.2) is 0 Å². The van der Waals surface area contributed by atoms with Crippen molar-refractivity contribution in [2.45, 2.75) is 26.3 Å². The second-order valence-electron chi connectivity index (χ2n) is 4.16. The minimum atomic E-state index is -0.168. The van der Waals surface area contributed by atoms with Crippen LogP contribution in [-0.4, -0.2) is 18.7 Å². The van der Waals surface area contributed by atoms with Gasteiger partial charge in [0.05, 0.1) is 5.92 Å². The van der Waals surface area contributed by atoms with Crippen LogP contribution >= 0.6 is 0 Å². The molecule has 0 radical (unpaired) electrons. The molecule has 1 amide bonds. The molecule has 3 nitrogen and oxygen atoms in total. The van der Waals surface area contributed by atoms with Gasteiger partial charge >= 0.3 is 0 Å². The van der Waals surface area contributed by atoms with Crippen LogP contribution in [0.15, 0.2) is 12.2 Å². The second kappa shape index (κ2) is 3.73. The van der Waals surface area contributed by atoms with Crippen LogP contribution in [0.2, 0.25) is 0 Å². The zero-order valence-electron chi connectivity index (χ0n) is 7.99. The van der Waals surface area contributed by atoms with Crippen molar-refractivity contribution in [3.8, 4) is 0 Å². The molecule has 1 aliphatic rings. The number of hydrogen-bond acceptors (Lipinski definition) is 2. The third-order valence-electron chi connectivity index (χ3n) is 2.42. The lowest BCUT2D eigenvalue weighted by atomic mass is 9.76. The van der Waals surface area contributed by atoms with E-state index in [1.807, 2.05) is 12.2 Å². The van der Waals surface area contributed by atoms with Crippen molar-refractivity contribution in [1.82, 2.24) is 5.32 Å². The summed E-state index contributed by atoms with van der Waals surface area (Å²) in [4.78, 5) is 20.9. The molecule has 0 saturated carbocycles. The Bertz CT molecular complexity index is 233. The highest BCUT2D eigenvalue weighted by Crippen LogP contribution is 2.31. The molecular weight excluding hydrogens is 166 g/mol. The van der Waals surface area contributed by atoms with Gasteiger partial charge in [-0.05, 0) is 11.8 Å². The first-order chi connectivity index (χ1) is 6.09. The predicted octanol–water partition coefficient (Wildman–Crippen LogP) is 0.902. The zero-order chi connectivity index (χ0) is 9.90. The maximum atomic E-state index is 10.6. The van der Waals surface area contributed by atoms with Crippen LogP contribution < -0.4 is 5.32 Å². The smallest absolute Gasteiger partial charge is 0.207 e. The first-order valence-electron chi connectivity index (χ1n) is 4.43. The van der Waals surface area contributed by atoms with Gasteiger partial charge in [-0.1, -0.05) is 26.0 Å². The van der Waals surface area contributed by atoms with Gasteiger partial charge in [0.2, 0.25) is 6.41 Å². The van der Waals surface area contributed by atoms with Crippen LogP contribution in [0.1, 0.15) is 20.3 Å². The van der Waals surface area contributed by atoms with Crippen molar-refractivity contribution >= 4 is 12.7 Å². The van der Waals surface area contributed by atoms with E-state index in [0.717, 1.165) is 12.7 Å². The Hall–Kier alpha value is -1.12. The second-order valence-corrected chi connectivity index (χ2v) is 4.16. The Morgan fingerprint density at radius 1 is 1.46 bits per heavy atom. The van der Waals surface area contributed by atoms with Gasteiger partial charge < -0.3 is 10.1 Å². The molecule has 0 aliphatic heterocycles. The predicted molar refractivity (Wildman–Crippen MR) is 50.1 cm³/mol. The molecule has 0 bridgehead atoms. The van der Waals surface area contributed by atoms with E-state index >= 15 is 0 Å². The quantitative estimate of drug-likeness (QED) is 0.519. The van der Waals surface area contributed by atoms with Crippen molar-refractivity contribution in [3.05, 3.63) is 12.2 Å². The SMILES string of the molecule is CC1(C)C=CC(C=O)C(NC=O)C1. The highest BCUT2D eigenvalue weighted by molar-refractivity contribution is 5.60. The molecule has 72 valence electrons. The first kappa shape index (κ1) is 9.96. The van der Waals surface area contributed by atoms with Gasteiger partial charge in [0, 0.05) is 6.04 Å². The fraction of sp³-hybridized carbons (Fsp3) is 0.600. The van der Waals surface area contributed by atoms with E-state index in [0.29, 0.717) is 6.41 Å². The summed E-state index contributed by atoms with van der Waals surface area (Å²) >= 11 is 0. The van der Waals surface area contributed by atoms with E-state index in [1.165, 1.54) is 0 Å². The molecule has 0 aromatic rings. The number of hydrogen-bond donors (Lipinski definition) is 1. The van der Waals surface area contributed by atoms with E-state index in [1.54, 1.807) is 0 Å². The largest absolute Gasteiger partial charge is 0.355 e. The van der Waals surface area contributed by atoms with Crippen LogP contribution in [-0.2, 0) is 9.59 Å². The lowest BCUT2D eigenvalue weighted by Crippen LogP contribution is -2.41. The molecule has 1 aliphatic carbocycles. The van der Waals surface area contributed by atoms with Gasteiger partial charge in [-0.15, -0.1) is 0 Å². The van der Waals surface area contributed by atoms with Crippen molar-refractivity contribution in [3.63, 3.8) is 0 Å². The standard InChI is InChI=1S/C10H15NO2/c1-10(2)4-3-8(6-12)9(5-10)11-7-13/h3-4,6-9H,5H2,1-2H3,(H,11,13). The molecule has 0 saturated heterocycles. The lowest BCUT2D eigenvalue weighted by Gasteiger charge is -2.33. The average molecular weight is 181 g/mol. The van der Waals surface area contributed by atoms with Crippen LogP contribution in [0, 0.1) is 11.3 Å². The van der Waals surface area contributed by atoms with Crippen molar-refractivity contribution in [2.24, 2.45) is 11.3 Å². The molecule has 1 N–H and O–H groups in total. The van der Waals surface area contributed by atoms with Gasteiger partial charge in [0.25, 0.3) is 0 Å². The summed E-state index contributed by atoms with van der Waals surface area (Å²) < 4.78 is 0. The highest BCUT2D eigenvalue weighted by Gasteiger charge is 2.29. The Morgan fingerprint density at radius 3 is 2.69 bits per heavy atom. The monoisotopic (exact) mass is 181 g/mol. The first-order valence-corrected chi connectivity index (χ1v) is 4.43. The van der Waals surface area contributed by atoms with Crippen LogP contribution in [0.25, 0.3) is 0 Å². The van der Waals surface area contributed by atoms with Crippen molar-refractivity contribution in [2.75, 3.05) is 0 Å². The molecule has 0 aromatic carbocycles. The van der Waals surface area contributed by atoms with E-state index in [9.17, 15) is 9.59 Å². The molecule has 2 unspecified atom stereocenters. The Labute approximate surface area is 78.2 Å². The lowest BCUT2D eigenvalue weighted by molar-refractivity contribution is -0.113. The van der Waals surface area contributed by atoms with E-state index in [-0.39, 0.29) is 17.4 Å². The molecule has 1 rings (SSSR count). The summed E-state index contributed by atoms with van der Waals surface area (Å²) in [6.07, 6.45) is 6.27. The number of amides is 1. The maximum absolute atomic E-state index is 10.6. The molecule has 13 heavy (non-hydrogen) atoms. The summed E-state index contributed by atoms with van der Waals surface area (Å²) in [5, 5.41) is 2.68. The third kappa shape index (κ3) is 2.41. The molecule has 2 atom stereocenters. The zero-order valence-corrected chi connectivity index (χ0v) is 7.99. The topological polar surface area (TPSA) is 46.2 Å². The minimum absolute atomic E-state index is 0.0463.